The van der Waals surface area contributed by atoms with Crippen molar-refractivity contribution in [1.82, 2.24) is 15.3 Å². The number of rotatable bonds is 5. The quantitative estimate of drug-likeness (QED) is 0.786. The summed E-state index contributed by atoms with van der Waals surface area (Å²) in [5.41, 5.74) is 1.02. The molecule has 1 N–H and O–H groups in total. The lowest BCUT2D eigenvalue weighted by Crippen LogP contribution is -2.13. The summed E-state index contributed by atoms with van der Waals surface area (Å²) in [4.78, 5) is 8.89. The Hall–Kier alpha value is -1.16. The first-order valence-corrected chi connectivity index (χ1v) is 5.39. The zero-order chi connectivity index (χ0) is 10.7. The SMILES string of the molecule is CNCCc1nc(C2CC2)ncc1OC. The third-order valence-corrected chi connectivity index (χ3v) is 2.62. The predicted octanol–water partition coefficient (Wildman–Crippen LogP) is 1.12. The Kier molecular flexibility index (Phi) is 3.16. The van der Waals surface area contributed by atoms with Gasteiger partial charge in [0, 0.05) is 18.9 Å². The van der Waals surface area contributed by atoms with E-state index in [1.54, 1.807) is 13.3 Å². The lowest BCUT2D eigenvalue weighted by Gasteiger charge is -2.08. The molecule has 1 fully saturated rings. The molecule has 0 saturated heterocycles. The van der Waals surface area contributed by atoms with Gasteiger partial charge in [-0.1, -0.05) is 0 Å². The van der Waals surface area contributed by atoms with Crippen molar-refractivity contribution in [2.45, 2.75) is 25.2 Å². The topological polar surface area (TPSA) is 47.0 Å². The van der Waals surface area contributed by atoms with E-state index in [0.29, 0.717) is 5.92 Å². The average molecular weight is 207 g/mol. The molecule has 0 radical (unpaired) electrons. The van der Waals surface area contributed by atoms with Gasteiger partial charge in [0.1, 0.15) is 5.82 Å². The fraction of sp³-hybridized carbons (Fsp3) is 0.636. The Morgan fingerprint density at radius 2 is 2.33 bits per heavy atom. The summed E-state index contributed by atoms with van der Waals surface area (Å²) in [6, 6.07) is 0. The van der Waals surface area contributed by atoms with Crippen LogP contribution in [0.25, 0.3) is 0 Å². The van der Waals surface area contributed by atoms with Gasteiger partial charge >= 0.3 is 0 Å². The van der Waals surface area contributed by atoms with Crippen LogP contribution in [0.4, 0.5) is 0 Å². The molecule has 1 saturated carbocycles. The largest absolute Gasteiger partial charge is 0.493 e. The van der Waals surface area contributed by atoms with Crippen LogP contribution in [0.3, 0.4) is 0 Å². The second-order valence-corrected chi connectivity index (χ2v) is 3.87. The maximum absolute atomic E-state index is 5.24. The standard InChI is InChI=1S/C11H17N3O/c1-12-6-5-9-10(15-2)7-13-11(14-9)8-3-4-8/h7-8,12H,3-6H2,1-2H3. The maximum atomic E-state index is 5.24. The highest BCUT2D eigenvalue weighted by Crippen LogP contribution is 2.38. The minimum absolute atomic E-state index is 0.601. The molecule has 2 rings (SSSR count). The molecule has 1 heterocycles. The molecule has 1 aliphatic rings. The van der Waals surface area contributed by atoms with Crippen molar-refractivity contribution < 1.29 is 4.74 Å². The molecule has 1 aromatic rings. The van der Waals surface area contributed by atoms with Crippen molar-refractivity contribution >= 4 is 0 Å². The van der Waals surface area contributed by atoms with Gasteiger partial charge in [0.15, 0.2) is 5.75 Å². The van der Waals surface area contributed by atoms with E-state index in [0.717, 1.165) is 30.2 Å². The van der Waals surface area contributed by atoms with Crippen molar-refractivity contribution in [3.63, 3.8) is 0 Å². The van der Waals surface area contributed by atoms with Gasteiger partial charge in [0.25, 0.3) is 0 Å². The first-order valence-electron chi connectivity index (χ1n) is 5.39. The number of methoxy groups -OCH3 is 1. The minimum Gasteiger partial charge on any atom is -0.493 e. The smallest absolute Gasteiger partial charge is 0.158 e. The molecule has 15 heavy (non-hydrogen) atoms. The van der Waals surface area contributed by atoms with Crippen molar-refractivity contribution in [1.29, 1.82) is 0 Å². The van der Waals surface area contributed by atoms with E-state index in [2.05, 4.69) is 15.3 Å². The van der Waals surface area contributed by atoms with Crippen LogP contribution in [-0.2, 0) is 6.42 Å². The van der Waals surface area contributed by atoms with Crippen LogP contribution in [0, 0.1) is 0 Å². The molecule has 1 aromatic heterocycles. The van der Waals surface area contributed by atoms with Crippen molar-refractivity contribution in [2.24, 2.45) is 0 Å². The fourth-order valence-electron chi connectivity index (χ4n) is 1.55. The molecule has 0 amide bonds. The molecule has 82 valence electrons. The number of hydrogen-bond donors (Lipinski definition) is 1. The fourth-order valence-corrected chi connectivity index (χ4v) is 1.55. The van der Waals surface area contributed by atoms with E-state index in [1.807, 2.05) is 7.05 Å². The summed E-state index contributed by atoms with van der Waals surface area (Å²) >= 11 is 0. The minimum atomic E-state index is 0.601. The summed E-state index contributed by atoms with van der Waals surface area (Å²) < 4.78 is 5.24. The maximum Gasteiger partial charge on any atom is 0.158 e. The van der Waals surface area contributed by atoms with Gasteiger partial charge in [-0.05, 0) is 19.9 Å². The second-order valence-electron chi connectivity index (χ2n) is 3.87. The van der Waals surface area contributed by atoms with Crippen molar-refractivity contribution in [2.75, 3.05) is 20.7 Å². The van der Waals surface area contributed by atoms with E-state index >= 15 is 0 Å². The van der Waals surface area contributed by atoms with E-state index in [4.69, 9.17) is 4.74 Å². The summed E-state index contributed by atoms with van der Waals surface area (Å²) in [5.74, 6) is 2.39. The predicted molar refractivity (Wildman–Crippen MR) is 58.2 cm³/mol. The first-order chi connectivity index (χ1) is 7.35. The molecule has 0 unspecified atom stereocenters. The van der Waals surface area contributed by atoms with E-state index in [9.17, 15) is 0 Å². The zero-order valence-corrected chi connectivity index (χ0v) is 9.29. The molecular weight excluding hydrogens is 190 g/mol. The van der Waals surface area contributed by atoms with Crippen LogP contribution in [0.15, 0.2) is 6.20 Å². The third-order valence-electron chi connectivity index (χ3n) is 2.62. The van der Waals surface area contributed by atoms with Crippen LogP contribution >= 0.6 is 0 Å². The lowest BCUT2D eigenvalue weighted by atomic mass is 10.2. The molecular formula is C11H17N3O. The van der Waals surface area contributed by atoms with E-state index < -0.39 is 0 Å². The van der Waals surface area contributed by atoms with Crippen LogP contribution in [0.1, 0.15) is 30.3 Å². The molecule has 0 spiro atoms. The van der Waals surface area contributed by atoms with Crippen molar-refractivity contribution in [3.8, 4) is 5.75 Å². The number of nitrogens with zero attached hydrogens (tertiary/aromatic N) is 2. The Balaban J connectivity index is 2.17. The van der Waals surface area contributed by atoms with E-state index in [1.165, 1.54) is 12.8 Å². The van der Waals surface area contributed by atoms with E-state index in [-0.39, 0.29) is 0 Å². The number of hydrogen-bond acceptors (Lipinski definition) is 4. The van der Waals surface area contributed by atoms with Crippen LogP contribution in [0.5, 0.6) is 5.75 Å². The Labute approximate surface area is 90.1 Å². The highest BCUT2D eigenvalue weighted by molar-refractivity contribution is 5.26. The van der Waals surface area contributed by atoms with Gasteiger partial charge < -0.3 is 10.1 Å². The molecule has 4 heteroatoms. The summed E-state index contributed by atoms with van der Waals surface area (Å²) in [6.45, 7) is 0.914. The van der Waals surface area contributed by atoms with Crippen LogP contribution in [0.2, 0.25) is 0 Å². The molecule has 1 aliphatic carbocycles. The van der Waals surface area contributed by atoms with Crippen LogP contribution < -0.4 is 10.1 Å². The Bertz CT molecular complexity index is 337. The Morgan fingerprint density at radius 1 is 1.53 bits per heavy atom. The zero-order valence-electron chi connectivity index (χ0n) is 9.29. The molecule has 0 bridgehead atoms. The number of likely N-dealkylation sites (N-methyl/N-ethyl adjacent to an activating group) is 1. The van der Waals surface area contributed by atoms with Gasteiger partial charge in [0.05, 0.1) is 19.0 Å². The number of ether oxygens (including phenoxy) is 1. The summed E-state index contributed by atoms with van der Waals surface area (Å²) in [7, 11) is 3.60. The Morgan fingerprint density at radius 3 is 2.93 bits per heavy atom. The number of nitrogens with one attached hydrogen (secondary N) is 1. The van der Waals surface area contributed by atoms with Gasteiger partial charge in [-0.15, -0.1) is 0 Å². The van der Waals surface area contributed by atoms with Gasteiger partial charge in [0.2, 0.25) is 0 Å². The van der Waals surface area contributed by atoms with Gasteiger partial charge in [-0.25, -0.2) is 9.97 Å². The van der Waals surface area contributed by atoms with Gasteiger partial charge in [-0.3, -0.25) is 0 Å². The highest BCUT2D eigenvalue weighted by atomic mass is 16.5. The number of aromatic nitrogens is 2. The van der Waals surface area contributed by atoms with Gasteiger partial charge in [-0.2, -0.15) is 0 Å². The normalized spacial score (nSPS) is 15.3. The molecule has 0 aliphatic heterocycles. The average Bonchev–Trinajstić information content (AvgIpc) is 3.09. The lowest BCUT2D eigenvalue weighted by molar-refractivity contribution is 0.403. The highest BCUT2D eigenvalue weighted by Gasteiger charge is 2.27. The summed E-state index contributed by atoms with van der Waals surface area (Å²) in [6.07, 6.45) is 5.16. The second kappa shape index (κ2) is 4.57. The van der Waals surface area contributed by atoms with Crippen molar-refractivity contribution in [3.05, 3.63) is 17.7 Å². The third kappa shape index (κ3) is 2.45. The summed E-state index contributed by atoms with van der Waals surface area (Å²) in [5, 5.41) is 3.12. The molecule has 4 nitrogen and oxygen atoms in total. The monoisotopic (exact) mass is 207 g/mol. The van der Waals surface area contributed by atoms with Crippen LogP contribution in [-0.4, -0.2) is 30.7 Å². The molecule has 0 atom stereocenters. The first kappa shape index (κ1) is 10.4. The molecule has 0 aromatic carbocycles.